The van der Waals surface area contributed by atoms with E-state index >= 15 is 0 Å². The molecular formula is C24H28N4O4S. The Morgan fingerprint density at radius 1 is 1.09 bits per heavy atom. The first kappa shape index (κ1) is 24.3. The normalized spacial score (nSPS) is 11.0. The second-order valence-corrected chi connectivity index (χ2v) is 8.15. The van der Waals surface area contributed by atoms with E-state index in [1.54, 1.807) is 50.2 Å². The van der Waals surface area contributed by atoms with E-state index in [1.165, 1.54) is 11.8 Å². The number of allylic oxidation sites excluding steroid dienone is 1. The van der Waals surface area contributed by atoms with Crippen molar-refractivity contribution in [1.82, 2.24) is 20.2 Å². The van der Waals surface area contributed by atoms with Gasteiger partial charge in [-0.25, -0.2) is 4.68 Å². The molecule has 0 atom stereocenters. The number of carbonyl (C=O) groups excluding carboxylic acids is 1. The minimum atomic E-state index is -0.105. The highest BCUT2D eigenvalue weighted by Gasteiger charge is 2.11. The first-order valence-electron chi connectivity index (χ1n) is 10.6. The zero-order chi connectivity index (χ0) is 23.6. The number of aromatic nitrogens is 4. The Balaban J connectivity index is 1.72. The Kier molecular flexibility index (Phi) is 8.88. The largest absolute Gasteiger partial charge is 0.496 e. The van der Waals surface area contributed by atoms with Crippen molar-refractivity contribution >= 4 is 23.6 Å². The lowest BCUT2D eigenvalue weighted by atomic mass is 10.1. The molecule has 2 aromatic carbocycles. The molecule has 0 N–H and O–H groups in total. The third-order valence-corrected chi connectivity index (χ3v) is 5.93. The number of ketones is 1. The van der Waals surface area contributed by atoms with Crippen LogP contribution in [-0.4, -0.2) is 46.8 Å². The number of benzene rings is 2. The van der Waals surface area contributed by atoms with Gasteiger partial charge in [0.2, 0.25) is 5.16 Å². The summed E-state index contributed by atoms with van der Waals surface area (Å²) < 4.78 is 18.3. The molecule has 174 valence electrons. The fraction of sp³-hybridized carbons (Fsp3) is 0.333. The van der Waals surface area contributed by atoms with Crippen LogP contribution in [0.2, 0.25) is 0 Å². The van der Waals surface area contributed by atoms with Crippen LogP contribution in [0.25, 0.3) is 6.08 Å². The zero-order valence-electron chi connectivity index (χ0n) is 19.3. The number of unbranched alkanes of at least 4 members (excludes halogenated alkanes) is 1. The molecule has 0 bridgehead atoms. The van der Waals surface area contributed by atoms with Crippen molar-refractivity contribution in [2.45, 2.75) is 30.7 Å². The molecule has 0 unspecified atom stereocenters. The smallest absolute Gasteiger partial charge is 0.209 e. The van der Waals surface area contributed by atoms with Crippen molar-refractivity contribution in [3.63, 3.8) is 0 Å². The number of tetrazole rings is 1. The lowest BCUT2D eigenvalue weighted by Gasteiger charge is -2.11. The summed E-state index contributed by atoms with van der Waals surface area (Å²) in [5, 5.41) is 12.1. The van der Waals surface area contributed by atoms with Crippen LogP contribution in [0.4, 0.5) is 0 Å². The van der Waals surface area contributed by atoms with E-state index in [4.69, 9.17) is 14.2 Å². The van der Waals surface area contributed by atoms with Crippen LogP contribution in [0.1, 0.15) is 41.3 Å². The quantitative estimate of drug-likeness (QED) is 0.165. The van der Waals surface area contributed by atoms with Gasteiger partial charge < -0.3 is 14.2 Å². The number of ether oxygens (including phenoxy) is 3. The van der Waals surface area contributed by atoms with E-state index < -0.39 is 0 Å². The van der Waals surface area contributed by atoms with E-state index in [0.29, 0.717) is 40.3 Å². The van der Waals surface area contributed by atoms with E-state index in [2.05, 4.69) is 22.4 Å². The van der Waals surface area contributed by atoms with Crippen molar-refractivity contribution in [3.8, 4) is 17.2 Å². The number of thioether (sulfide) groups is 1. The van der Waals surface area contributed by atoms with Crippen LogP contribution >= 0.6 is 11.8 Å². The number of nitrogens with zero attached hydrogens (tertiary/aromatic N) is 4. The summed E-state index contributed by atoms with van der Waals surface area (Å²) in [6.45, 7) is 2.76. The van der Waals surface area contributed by atoms with Crippen molar-refractivity contribution in [2.75, 3.05) is 20.8 Å². The highest BCUT2D eigenvalue weighted by atomic mass is 32.2. The average Bonchev–Trinajstić information content (AvgIpc) is 3.26. The molecule has 0 aliphatic carbocycles. The number of methoxy groups -OCH3 is 2. The minimum absolute atomic E-state index is 0.105. The molecule has 9 heteroatoms. The zero-order valence-corrected chi connectivity index (χ0v) is 20.1. The molecule has 0 aliphatic rings. The molecule has 8 nitrogen and oxygen atoms in total. The third-order valence-electron chi connectivity index (χ3n) is 4.87. The Labute approximate surface area is 197 Å². The molecule has 3 rings (SSSR count). The van der Waals surface area contributed by atoms with E-state index in [1.807, 2.05) is 24.3 Å². The van der Waals surface area contributed by atoms with E-state index in [-0.39, 0.29) is 5.78 Å². The van der Waals surface area contributed by atoms with Gasteiger partial charge in [-0.15, -0.1) is 5.10 Å². The fourth-order valence-corrected chi connectivity index (χ4v) is 3.86. The maximum Gasteiger partial charge on any atom is 0.209 e. The molecule has 33 heavy (non-hydrogen) atoms. The van der Waals surface area contributed by atoms with E-state index in [0.717, 1.165) is 24.0 Å². The van der Waals surface area contributed by atoms with Gasteiger partial charge in [0.1, 0.15) is 5.75 Å². The molecule has 0 spiro atoms. The van der Waals surface area contributed by atoms with Crippen molar-refractivity contribution in [3.05, 3.63) is 59.2 Å². The summed E-state index contributed by atoms with van der Waals surface area (Å²) in [6.07, 6.45) is 5.37. The third kappa shape index (κ3) is 6.58. The van der Waals surface area contributed by atoms with Crippen molar-refractivity contribution in [2.24, 2.45) is 7.05 Å². The average molecular weight is 469 g/mol. The Morgan fingerprint density at radius 3 is 2.58 bits per heavy atom. The molecule has 0 amide bonds. The summed E-state index contributed by atoms with van der Waals surface area (Å²) in [5.41, 5.74) is 2.31. The Morgan fingerprint density at radius 2 is 1.88 bits per heavy atom. The molecule has 0 aliphatic heterocycles. The van der Waals surface area contributed by atoms with Crippen molar-refractivity contribution < 1.29 is 19.0 Å². The number of hydrogen-bond acceptors (Lipinski definition) is 8. The molecule has 0 fully saturated rings. The number of hydrogen-bond donors (Lipinski definition) is 0. The van der Waals surface area contributed by atoms with Crippen LogP contribution in [-0.2, 0) is 12.8 Å². The van der Waals surface area contributed by atoms with Gasteiger partial charge in [-0.2, -0.15) is 0 Å². The minimum Gasteiger partial charge on any atom is -0.496 e. The molecule has 0 saturated carbocycles. The number of rotatable bonds is 12. The van der Waals surface area contributed by atoms with Crippen LogP contribution in [0, 0.1) is 0 Å². The molecular weight excluding hydrogens is 440 g/mol. The molecule has 3 aromatic rings. The predicted molar refractivity (Wildman–Crippen MR) is 128 cm³/mol. The Hall–Kier alpha value is -3.33. The van der Waals surface area contributed by atoms with E-state index in [9.17, 15) is 4.79 Å². The fourth-order valence-electron chi connectivity index (χ4n) is 3.03. The van der Waals surface area contributed by atoms with Gasteiger partial charge in [-0.3, -0.25) is 4.79 Å². The monoisotopic (exact) mass is 468 g/mol. The first-order chi connectivity index (χ1) is 16.0. The lowest BCUT2D eigenvalue weighted by Crippen LogP contribution is -2.00. The second kappa shape index (κ2) is 12.1. The molecule has 1 aromatic heterocycles. The second-order valence-electron chi connectivity index (χ2n) is 7.21. The summed E-state index contributed by atoms with van der Waals surface area (Å²) >= 11 is 1.47. The maximum absolute atomic E-state index is 12.8. The van der Waals surface area contributed by atoms with Gasteiger partial charge in [0, 0.05) is 23.9 Å². The van der Waals surface area contributed by atoms with Crippen molar-refractivity contribution in [1.29, 1.82) is 0 Å². The summed E-state index contributed by atoms with van der Waals surface area (Å²) in [4.78, 5) is 12.8. The lowest BCUT2D eigenvalue weighted by molar-refractivity contribution is 0.104. The van der Waals surface area contributed by atoms with Gasteiger partial charge in [0.25, 0.3) is 0 Å². The standard InChI is InChI=1S/C24H28N4O4S/c1-5-6-13-32-22-11-8-17(14-23(22)31-4)7-10-20(29)18-9-12-21(30-3)19(15-18)16-33-24-25-26-27-28(24)2/h7-12,14-15H,5-6,13,16H2,1-4H3/b10-7+. The predicted octanol–water partition coefficient (Wildman–Crippen LogP) is 4.59. The van der Waals surface area contributed by atoms with Crippen LogP contribution in [0.3, 0.4) is 0 Å². The SMILES string of the molecule is CCCCOc1ccc(/C=C/C(=O)c2ccc(OC)c(CSc3nnnn3C)c2)cc1OC. The summed E-state index contributed by atoms with van der Waals surface area (Å²) in [7, 11) is 5.00. The molecule has 0 saturated heterocycles. The van der Waals surface area contributed by atoms with Crippen LogP contribution in [0.5, 0.6) is 17.2 Å². The molecule has 0 radical (unpaired) electrons. The van der Waals surface area contributed by atoms with Gasteiger partial charge in [-0.05, 0) is 58.8 Å². The van der Waals surface area contributed by atoms with Crippen LogP contribution in [0.15, 0.2) is 47.6 Å². The summed E-state index contributed by atoms with van der Waals surface area (Å²) in [6, 6.07) is 11.0. The van der Waals surface area contributed by atoms with Gasteiger partial charge in [-0.1, -0.05) is 37.2 Å². The Bertz CT molecular complexity index is 1110. The number of aryl methyl sites for hydroxylation is 1. The number of carbonyl (C=O) groups is 1. The highest BCUT2D eigenvalue weighted by Crippen LogP contribution is 2.30. The van der Waals surface area contributed by atoms with Gasteiger partial charge in [0.05, 0.1) is 20.8 Å². The maximum atomic E-state index is 12.8. The molecule has 1 heterocycles. The van der Waals surface area contributed by atoms with Gasteiger partial charge >= 0.3 is 0 Å². The topological polar surface area (TPSA) is 88.4 Å². The van der Waals surface area contributed by atoms with Crippen LogP contribution < -0.4 is 14.2 Å². The summed E-state index contributed by atoms with van der Waals surface area (Å²) in [5.74, 6) is 2.51. The highest BCUT2D eigenvalue weighted by molar-refractivity contribution is 7.98. The first-order valence-corrected chi connectivity index (χ1v) is 11.6. The van der Waals surface area contributed by atoms with Gasteiger partial charge in [0.15, 0.2) is 17.3 Å².